The summed E-state index contributed by atoms with van der Waals surface area (Å²) in [6.45, 7) is 3.49. The molecule has 0 aliphatic rings. The molecule has 0 spiro atoms. The Bertz CT molecular complexity index is 1170. The molecule has 4 rings (SSSR count). The number of fused-ring (bicyclic) bond motifs is 1. The van der Waals surface area contributed by atoms with Crippen LogP contribution in [0.25, 0.3) is 10.9 Å². The third kappa shape index (κ3) is 6.04. The fourth-order valence-electron chi connectivity index (χ4n) is 3.18. The van der Waals surface area contributed by atoms with Crippen LogP contribution in [0.3, 0.4) is 0 Å². The van der Waals surface area contributed by atoms with Crippen LogP contribution < -0.4 is 14.8 Å². The van der Waals surface area contributed by atoms with Gasteiger partial charge < -0.3 is 14.8 Å². The Hall–Kier alpha value is -3.45. The van der Waals surface area contributed by atoms with Gasteiger partial charge in [-0.1, -0.05) is 35.9 Å². The van der Waals surface area contributed by atoms with Gasteiger partial charge in [-0.25, -0.2) is 4.98 Å². The van der Waals surface area contributed by atoms with E-state index in [1.807, 2.05) is 66.9 Å². The maximum atomic E-state index is 12.2. The van der Waals surface area contributed by atoms with Crippen LogP contribution in [0.4, 0.5) is 0 Å². The average molecular weight is 448 g/mol. The molecule has 2 aromatic carbocycles. The minimum Gasteiger partial charge on any atom is -0.491 e. The van der Waals surface area contributed by atoms with Gasteiger partial charge >= 0.3 is 0 Å². The number of rotatable bonds is 10. The Balaban J connectivity index is 1.16. The van der Waals surface area contributed by atoms with Crippen molar-refractivity contribution in [3.05, 3.63) is 82.4 Å². The van der Waals surface area contributed by atoms with Crippen LogP contribution in [-0.2, 0) is 17.8 Å². The van der Waals surface area contributed by atoms with Crippen molar-refractivity contribution in [3.8, 4) is 11.5 Å². The molecule has 164 valence electrons. The summed E-state index contributed by atoms with van der Waals surface area (Å²) in [5.74, 6) is 1.53. The van der Waals surface area contributed by atoms with Gasteiger partial charge in [-0.2, -0.15) is 0 Å². The number of benzene rings is 2. The number of ether oxygens (including phenoxy) is 2. The van der Waals surface area contributed by atoms with Crippen molar-refractivity contribution in [2.75, 3.05) is 13.2 Å². The zero-order valence-corrected chi connectivity index (χ0v) is 18.7. The molecule has 6 nitrogen and oxygen atoms in total. The summed E-state index contributed by atoms with van der Waals surface area (Å²) in [5.41, 5.74) is 2.80. The Kier molecular flexibility index (Phi) is 7.30. The van der Waals surface area contributed by atoms with Gasteiger partial charge in [-0.05, 0) is 37.6 Å². The Morgan fingerprint density at radius 3 is 2.78 bits per heavy atom. The van der Waals surface area contributed by atoms with E-state index in [-0.39, 0.29) is 12.3 Å². The molecular weight excluding hydrogens is 422 g/mol. The quantitative estimate of drug-likeness (QED) is 0.357. The van der Waals surface area contributed by atoms with Gasteiger partial charge in [0.1, 0.15) is 28.6 Å². The summed E-state index contributed by atoms with van der Waals surface area (Å²) in [5, 5.41) is 6.73. The third-order valence-electron chi connectivity index (χ3n) is 4.82. The Morgan fingerprint density at radius 2 is 1.91 bits per heavy atom. The van der Waals surface area contributed by atoms with E-state index in [4.69, 9.17) is 9.47 Å². The van der Waals surface area contributed by atoms with E-state index in [1.165, 1.54) is 16.9 Å². The maximum Gasteiger partial charge on any atom is 0.226 e. The highest BCUT2D eigenvalue weighted by molar-refractivity contribution is 7.09. The first-order valence-electron chi connectivity index (χ1n) is 10.5. The number of thiazole rings is 1. The van der Waals surface area contributed by atoms with Gasteiger partial charge in [-0.15, -0.1) is 11.3 Å². The molecule has 0 radical (unpaired) electrons. The molecule has 32 heavy (non-hydrogen) atoms. The molecule has 1 amide bonds. The van der Waals surface area contributed by atoms with Crippen LogP contribution in [-0.4, -0.2) is 29.0 Å². The lowest BCUT2D eigenvalue weighted by Gasteiger charge is -2.09. The highest BCUT2D eigenvalue weighted by atomic mass is 32.1. The number of carbonyl (C=O) groups excluding carboxylic acids is 1. The van der Waals surface area contributed by atoms with E-state index in [0.29, 0.717) is 26.2 Å². The summed E-state index contributed by atoms with van der Waals surface area (Å²) in [6, 6.07) is 17.7. The zero-order chi connectivity index (χ0) is 22.2. The van der Waals surface area contributed by atoms with Gasteiger partial charge in [0.15, 0.2) is 0 Å². The molecule has 0 saturated heterocycles. The number of aromatic nitrogens is 2. The summed E-state index contributed by atoms with van der Waals surface area (Å²) in [7, 11) is 0. The first-order valence-corrected chi connectivity index (χ1v) is 11.4. The lowest BCUT2D eigenvalue weighted by Crippen LogP contribution is -2.27. The van der Waals surface area contributed by atoms with Crippen LogP contribution in [0.2, 0.25) is 0 Å². The molecule has 0 unspecified atom stereocenters. The average Bonchev–Trinajstić information content (AvgIpc) is 3.25. The van der Waals surface area contributed by atoms with E-state index < -0.39 is 0 Å². The summed E-state index contributed by atoms with van der Waals surface area (Å²) < 4.78 is 11.6. The van der Waals surface area contributed by atoms with Crippen LogP contribution in [0.5, 0.6) is 11.5 Å². The molecule has 2 aromatic heterocycles. The molecule has 0 aliphatic heterocycles. The van der Waals surface area contributed by atoms with E-state index in [0.717, 1.165) is 33.1 Å². The molecule has 1 N–H and O–H groups in total. The van der Waals surface area contributed by atoms with Crippen molar-refractivity contribution in [1.29, 1.82) is 0 Å². The van der Waals surface area contributed by atoms with Gasteiger partial charge in [-0.3, -0.25) is 9.78 Å². The molecule has 2 heterocycles. The van der Waals surface area contributed by atoms with Crippen LogP contribution in [0, 0.1) is 6.92 Å². The van der Waals surface area contributed by atoms with E-state index in [9.17, 15) is 4.79 Å². The topological polar surface area (TPSA) is 73.3 Å². The normalized spacial score (nSPS) is 10.8. The SMILES string of the molecule is Cc1ccc(OCc2nc(CC(=O)NCCCOc3cccc4cccnc34)cs2)cc1. The fraction of sp³-hybridized carbons (Fsp3) is 0.240. The second kappa shape index (κ2) is 10.7. The second-order valence-electron chi connectivity index (χ2n) is 7.39. The molecular formula is C25H25N3O3S. The first-order chi connectivity index (χ1) is 15.7. The Labute approximate surface area is 191 Å². The lowest BCUT2D eigenvalue weighted by atomic mass is 10.2. The van der Waals surface area contributed by atoms with Crippen molar-refractivity contribution < 1.29 is 14.3 Å². The molecule has 0 atom stereocenters. The predicted octanol–water partition coefficient (Wildman–Crippen LogP) is 4.71. The molecule has 4 aromatic rings. The van der Waals surface area contributed by atoms with Gasteiger partial charge in [0.25, 0.3) is 0 Å². The molecule has 0 aliphatic carbocycles. The number of aryl methyl sites for hydroxylation is 1. The third-order valence-corrected chi connectivity index (χ3v) is 5.69. The summed E-state index contributed by atoms with van der Waals surface area (Å²) >= 11 is 1.50. The number of hydrogen-bond donors (Lipinski definition) is 1. The van der Waals surface area contributed by atoms with Gasteiger partial charge in [0.05, 0.1) is 18.7 Å². The molecule has 0 saturated carbocycles. The second-order valence-corrected chi connectivity index (χ2v) is 8.34. The number of amides is 1. The first kappa shape index (κ1) is 21.8. The number of carbonyl (C=O) groups is 1. The van der Waals surface area contributed by atoms with Crippen molar-refractivity contribution >= 4 is 28.1 Å². The number of hydrogen-bond acceptors (Lipinski definition) is 6. The van der Waals surface area contributed by atoms with E-state index in [1.54, 1.807) is 6.20 Å². The largest absolute Gasteiger partial charge is 0.491 e. The number of nitrogens with one attached hydrogen (secondary N) is 1. The predicted molar refractivity (Wildman–Crippen MR) is 126 cm³/mol. The minimum atomic E-state index is -0.0480. The molecule has 0 fully saturated rings. The maximum absolute atomic E-state index is 12.2. The molecule has 0 bridgehead atoms. The number of para-hydroxylation sites is 1. The smallest absolute Gasteiger partial charge is 0.226 e. The highest BCUT2D eigenvalue weighted by Gasteiger charge is 2.08. The van der Waals surface area contributed by atoms with Crippen LogP contribution in [0.1, 0.15) is 22.7 Å². The van der Waals surface area contributed by atoms with Crippen molar-refractivity contribution in [3.63, 3.8) is 0 Å². The number of pyridine rings is 1. The minimum absolute atomic E-state index is 0.0480. The van der Waals surface area contributed by atoms with Crippen molar-refractivity contribution in [2.45, 2.75) is 26.4 Å². The monoisotopic (exact) mass is 447 g/mol. The summed E-state index contributed by atoms with van der Waals surface area (Å²) in [4.78, 5) is 21.1. The van der Waals surface area contributed by atoms with Crippen molar-refractivity contribution in [2.24, 2.45) is 0 Å². The standard InChI is InChI=1S/C25H25N3O3S/c1-18-8-10-21(11-9-18)31-16-24-28-20(17-32-24)15-23(29)26-13-4-14-30-22-7-2-5-19-6-3-12-27-25(19)22/h2-3,5-12,17H,4,13-16H2,1H3,(H,26,29). The van der Waals surface area contributed by atoms with Crippen molar-refractivity contribution in [1.82, 2.24) is 15.3 Å². The fourth-order valence-corrected chi connectivity index (χ4v) is 3.88. The van der Waals surface area contributed by atoms with Crippen LogP contribution in [0.15, 0.2) is 66.2 Å². The Morgan fingerprint density at radius 1 is 1.06 bits per heavy atom. The van der Waals surface area contributed by atoms with Crippen LogP contribution >= 0.6 is 11.3 Å². The number of nitrogens with zero attached hydrogens (tertiary/aromatic N) is 2. The van der Waals surface area contributed by atoms with Gasteiger partial charge in [0.2, 0.25) is 5.91 Å². The highest BCUT2D eigenvalue weighted by Crippen LogP contribution is 2.23. The van der Waals surface area contributed by atoms with E-state index >= 15 is 0 Å². The lowest BCUT2D eigenvalue weighted by molar-refractivity contribution is -0.120. The summed E-state index contributed by atoms with van der Waals surface area (Å²) in [6.07, 6.45) is 2.73. The van der Waals surface area contributed by atoms with Gasteiger partial charge in [0, 0.05) is 23.5 Å². The zero-order valence-electron chi connectivity index (χ0n) is 17.9. The molecule has 7 heteroatoms. The van der Waals surface area contributed by atoms with E-state index in [2.05, 4.69) is 15.3 Å².